The van der Waals surface area contributed by atoms with Crippen LogP contribution in [0.25, 0.3) is 12.2 Å². The number of nitrogens with zero attached hydrogens (tertiary/aromatic N) is 1. The van der Waals surface area contributed by atoms with Gasteiger partial charge in [0, 0.05) is 18.0 Å². The Hall–Kier alpha value is -2.07. The maximum Gasteiger partial charge on any atom is 0.276 e. The molecule has 0 saturated heterocycles. The second-order valence-corrected chi connectivity index (χ2v) is 5.21. The molecule has 0 radical (unpaired) electrons. The van der Waals surface area contributed by atoms with Gasteiger partial charge in [0.2, 0.25) is 0 Å². The fourth-order valence-corrected chi connectivity index (χ4v) is 2.82. The highest BCUT2D eigenvalue weighted by Gasteiger charge is 2.27. The van der Waals surface area contributed by atoms with Crippen LogP contribution in [0.5, 0.6) is 0 Å². The molecule has 2 aromatic rings. The van der Waals surface area contributed by atoms with E-state index >= 15 is 0 Å². The molecular weight excluding hydrogens is 276 g/mol. The second-order valence-electron chi connectivity index (χ2n) is 4.77. The van der Waals surface area contributed by atoms with Crippen LogP contribution in [-0.4, -0.2) is 15.3 Å². The van der Waals surface area contributed by atoms with Crippen molar-refractivity contribution in [2.45, 2.75) is 19.9 Å². The topological polar surface area (TPSA) is 54.9 Å². The largest absolute Gasteiger partial charge is 0.337 e. The van der Waals surface area contributed by atoms with Crippen molar-refractivity contribution in [1.82, 2.24) is 9.55 Å². The zero-order valence-electron chi connectivity index (χ0n) is 11.0. The summed E-state index contributed by atoms with van der Waals surface area (Å²) in [6.07, 6.45) is 0.304. The first-order chi connectivity index (χ1) is 9.52. The molecule has 0 amide bonds. The van der Waals surface area contributed by atoms with Crippen LogP contribution in [0, 0.1) is 0 Å². The first-order valence-electron chi connectivity index (χ1n) is 6.37. The van der Waals surface area contributed by atoms with Crippen molar-refractivity contribution in [2.24, 2.45) is 0 Å². The number of nitrogens with one attached hydrogen (secondary N) is 1. The van der Waals surface area contributed by atoms with Gasteiger partial charge in [-0.25, -0.2) is 0 Å². The zero-order chi connectivity index (χ0) is 14.4. The van der Waals surface area contributed by atoms with E-state index in [9.17, 15) is 9.59 Å². The number of carbonyl (C=O) groups excluding carboxylic acids is 1. The summed E-state index contributed by atoms with van der Waals surface area (Å²) in [4.78, 5) is 27.5. The lowest BCUT2D eigenvalue weighted by atomic mass is 10.1. The second kappa shape index (κ2) is 4.49. The molecule has 0 spiro atoms. The standard InChI is InChI=1S/C15H13ClN2O2/c1-3-18-8(2)17-14(15(18)20)13-11-7-10(16)5-4-9(11)6-12(13)19/h4-5,7,17H,2-3,6H2,1H3/b14-13-. The van der Waals surface area contributed by atoms with Gasteiger partial charge in [0.05, 0.1) is 5.57 Å². The Labute approximate surface area is 120 Å². The monoisotopic (exact) mass is 288 g/mol. The van der Waals surface area contributed by atoms with E-state index in [1.54, 1.807) is 12.1 Å². The van der Waals surface area contributed by atoms with Gasteiger partial charge in [-0.1, -0.05) is 24.2 Å². The quantitative estimate of drug-likeness (QED) is 0.835. The maximum atomic E-state index is 12.3. The summed E-state index contributed by atoms with van der Waals surface area (Å²) in [5.74, 6) is -0.0659. The smallest absolute Gasteiger partial charge is 0.276 e. The minimum Gasteiger partial charge on any atom is -0.337 e. The summed E-state index contributed by atoms with van der Waals surface area (Å²) in [6, 6.07) is 5.31. The zero-order valence-corrected chi connectivity index (χ0v) is 11.8. The Morgan fingerprint density at radius 3 is 2.80 bits per heavy atom. The number of aromatic amines is 1. The number of ketones is 1. The summed E-state index contributed by atoms with van der Waals surface area (Å²) >= 11 is 6.00. The van der Waals surface area contributed by atoms with Crippen molar-refractivity contribution < 1.29 is 4.79 Å². The molecule has 0 saturated carbocycles. The first kappa shape index (κ1) is 12.9. The van der Waals surface area contributed by atoms with Crippen LogP contribution in [-0.2, 0) is 17.8 Å². The first-order valence-corrected chi connectivity index (χ1v) is 6.74. The Kier molecular flexibility index (Phi) is 2.91. The van der Waals surface area contributed by atoms with E-state index in [1.807, 2.05) is 13.0 Å². The normalized spacial score (nSPS) is 16.6. The maximum absolute atomic E-state index is 12.3. The lowest BCUT2D eigenvalue weighted by molar-refractivity contribution is -0.112. The number of carbonyl (C=O) groups is 1. The summed E-state index contributed by atoms with van der Waals surface area (Å²) in [7, 11) is 0. The van der Waals surface area contributed by atoms with Crippen LogP contribution in [0.4, 0.5) is 0 Å². The number of aromatic nitrogens is 2. The fraction of sp³-hybridized carbons (Fsp3) is 0.200. The van der Waals surface area contributed by atoms with Crippen molar-refractivity contribution in [2.75, 3.05) is 0 Å². The molecule has 1 aliphatic rings. The van der Waals surface area contributed by atoms with Crippen LogP contribution >= 0.6 is 11.6 Å². The number of Topliss-reactive ketones (excluding diaryl/α,β-unsaturated/α-hetero) is 1. The van der Waals surface area contributed by atoms with E-state index < -0.39 is 0 Å². The van der Waals surface area contributed by atoms with Gasteiger partial charge in [-0.2, -0.15) is 0 Å². The average Bonchev–Trinajstić information content (AvgIpc) is 2.85. The molecule has 4 nitrogen and oxygen atoms in total. The van der Waals surface area contributed by atoms with Gasteiger partial charge >= 0.3 is 0 Å². The van der Waals surface area contributed by atoms with E-state index in [4.69, 9.17) is 11.6 Å². The minimum absolute atomic E-state index is 0.0659. The Morgan fingerprint density at radius 2 is 2.15 bits per heavy atom. The van der Waals surface area contributed by atoms with Crippen LogP contribution in [0.15, 0.2) is 23.0 Å². The Balaban J connectivity index is 2.45. The number of hydrogen-bond donors (Lipinski definition) is 1. The summed E-state index contributed by atoms with van der Waals surface area (Å²) in [5, 5.41) is 0.857. The number of H-pyrrole nitrogens is 1. The van der Waals surface area contributed by atoms with E-state index in [0.29, 0.717) is 34.4 Å². The van der Waals surface area contributed by atoms with Gasteiger partial charge in [-0.15, -0.1) is 0 Å². The molecular formula is C15H13ClN2O2. The van der Waals surface area contributed by atoms with E-state index in [0.717, 1.165) is 11.1 Å². The van der Waals surface area contributed by atoms with Crippen molar-refractivity contribution in [3.8, 4) is 0 Å². The summed E-state index contributed by atoms with van der Waals surface area (Å²) < 4.78 is 1.51. The SMILES string of the molecule is C=c1[nH]/c(=C2\C(=O)Cc3ccc(Cl)cc32)c(=O)n1CC. The van der Waals surface area contributed by atoms with E-state index in [-0.39, 0.29) is 11.3 Å². The van der Waals surface area contributed by atoms with Crippen molar-refractivity contribution in [1.29, 1.82) is 0 Å². The van der Waals surface area contributed by atoms with Gasteiger partial charge in [-0.05, 0) is 30.2 Å². The molecule has 102 valence electrons. The van der Waals surface area contributed by atoms with Gasteiger partial charge < -0.3 is 4.98 Å². The molecule has 0 fully saturated rings. The van der Waals surface area contributed by atoms with Crippen LogP contribution in [0.3, 0.4) is 0 Å². The number of benzene rings is 1. The molecule has 0 bridgehead atoms. The van der Waals surface area contributed by atoms with Gasteiger partial charge in [0.25, 0.3) is 5.56 Å². The number of imidazole rings is 1. The van der Waals surface area contributed by atoms with Crippen molar-refractivity contribution in [3.05, 3.63) is 55.5 Å². The third-order valence-corrected chi connectivity index (χ3v) is 3.83. The highest BCUT2D eigenvalue weighted by molar-refractivity contribution is 6.32. The summed E-state index contributed by atoms with van der Waals surface area (Å²) in [5.41, 5.74) is 2.35. The van der Waals surface area contributed by atoms with Crippen LogP contribution in [0.1, 0.15) is 18.1 Å². The molecule has 5 heteroatoms. The highest BCUT2D eigenvalue weighted by Crippen LogP contribution is 2.29. The van der Waals surface area contributed by atoms with E-state index in [1.165, 1.54) is 4.57 Å². The van der Waals surface area contributed by atoms with E-state index in [2.05, 4.69) is 11.6 Å². The third kappa shape index (κ3) is 1.76. The molecule has 3 rings (SSSR count). The molecule has 1 N–H and O–H groups in total. The molecule has 20 heavy (non-hydrogen) atoms. The minimum atomic E-state index is -0.214. The fourth-order valence-electron chi connectivity index (χ4n) is 2.65. The summed E-state index contributed by atoms with van der Waals surface area (Å²) in [6.45, 7) is 6.17. The Bertz CT molecular complexity index is 890. The van der Waals surface area contributed by atoms with Crippen LogP contribution < -0.4 is 16.4 Å². The lowest BCUT2D eigenvalue weighted by Gasteiger charge is -1.99. The van der Waals surface area contributed by atoms with Gasteiger partial charge in [0.15, 0.2) is 5.78 Å². The number of rotatable bonds is 1. The van der Waals surface area contributed by atoms with Crippen molar-refractivity contribution in [3.63, 3.8) is 0 Å². The molecule has 1 aliphatic carbocycles. The number of hydrogen-bond acceptors (Lipinski definition) is 2. The molecule has 0 atom stereocenters. The van der Waals surface area contributed by atoms with Gasteiger partial charge in [-0.3, -0.25) is 14.2 Å². The predicted molar refractivity (Wildman–Crippen MR) is 78.2 cm³/mol. The number of fused-ring (bicyclic) bond motifs is 1. The highest BCUT2D eigenvalue weighted by atomic mass is 35.5. The molecule has 1 aromatic heterocycles. The number of halogens is 1. The molecule has 0 aliphatic heterocycles. The third-order valence-electron chi connectivity index (χ3n) is 3.59. The predicted octanol–water partition coefficient (Wildman–Crippen LogP) is 0.584. The van der Waals surface area contributed by atoms with Crippen LogP contribution in [0.2, 0.25) is 5.02 Å². The lowest BCUT2D eigenvalue weighted by Crippen LogP contribution is -2.33. The molecule has 0 unspecified atom stereocenters. The van der Waals surface area contributed by atoms with Crippen molar-refractivity contribution >= 4 is 29.5 Å². The molecule has 1 heterocycles. The Morgan fingerprint density at radius 1 is 1.40 bits per heavy atom. The van der Waals surface area contributed by atoms with Gasteiger partial charge in [0.1, 0.15) is 10.8 Å². The average molecular weight is 289 g/mol. The molecule has 1 aromatic carbocycles.